The molecule has 1 saturated carbocycles. The Morgan fingerprint density at radius 1 is 1.19 bits per heavy atom. The highest BCUT2D eigenvalue weighted by molar-refractivity contribution is 6.31. The molecule has 5 heteroatoms. The van der Waals surface area contributed by atoms with Gasteiger partial charge in [0.05, 0.1) is 0 Å². The molecular formula is C21H20ClNO3. The molecule has 3 rings (SSSR count). The number of rotatable bonds is 6. The lowest BCUT2D eigenvalue weighted by atomic mass is 10.1. The van der Waals surface area contributed by atoms with E-state index in [4.69, 9.17) is 16.3 Å². The van der Waals surface area contributed by atoms with Gasteiger partial charge in [0.25, 0.3) is 5.91 Å². The van der Waals surface area contributed by atoms with Gasteiger partial charge in [-0.25, -0.2) is 4.79 Å². The first-order valence-electron chi connectivity index (χ1n) is 8.53. The van der Waals surface area contributed by atoms with Crippen molar-refractivity contribution >= 4 is 29.6 Å². The maximum atomic E-state index is 12.5. The van der Waals surface area contributed by atoms with Gasteiger partial charge in [-0.15, -0.1) is 0 Å². The van der Waals surface area contributed by atoms with E-state index < -0.39 is 12.1 Å². The normalized spacial score (nSPS) is 14.8. The van der Waals surface area contributed by atoms with Crippen molar-refractivity contribution in [2.75, 3.05) is 0 Å². The quantitative estimate of drug-likeness (QED) is 0.612. The number of benzene rings is 2. The molecule has 0 saturated heterocycles. The zero-order chi connectivity index (χ0) is 18.5. The molecule has 1 N–H and O–H groups in total. The fourth-order valence-electron chi connectivity index (χ4n) is 2.44. The van der Waals surface area contributed by atoms with Gasteiger partial charge in [-0.3, -0.25) is 4.79 Å². The molecule has 1 atom stereocenters. The summed E-state index contributed by atoms with van der Waals surface area (Å²) in [4.78, 5) is 24.7. The van der Waals surface area contributed by atoms with E-state index in [1.165, 1.54) is 6.08 Å². The molecule has 26 heavy (non-hydrogen) atoms. The average molecular weight is 370 g/mol. The third-order valence-electron chi connectivity index (χ3n) is 4.11. The predicted octanol–water partition coefficient (Wildman–Crippen LogP) is 4.22. The number of nitrogens with one attached hydrogen (secondary N) is 1. The third kappa shape index (κ3) is 4.96. The maximum absolute atomic E-state index is 12.5. The highest BCUT2D eigenvalue weighted by Gasteiger charge is 2.30. The summed E-state index contributed by atoms with van der Waals surface area (Å²) in [6.45, 7) is 1.91. The van der Waals surface area contributed by atoms with Crippen LogP contribution in [0.15, 0.2) is 54.6 Å². The first kappa shape index (κ1) is 18.2. The lowest BCUT2D eigenvalue weighted by molar-refractivity contribution is -0.151. The van der Waals surface area contributed by atoms with Gasteiger partial charge in [0, 0.05) is 22.7 Å². The fourth-order valence-corrected chi connectivity index (χ4v) is 2.63. The summed E-state index contributed by atoms with van der Waals surface area (Å²) in [5.74, 6) is -0.875. The Kier molecular flexibility index (Phi) is 5.74. The Labute approximate surface area is 157 Å². The standard InChI is InChI=1S/C21H20ClNO3/c1-14-7-8-15(13-18(14)22)9-12-19(24)26-20(16-5-3-2-4-6-16)21(25)23-17-10-11-17/h2-9,12-13,17,20H,10-11H2,1H3,(H,23,25)/b12-9+/t20-/m1/s1. The molecule has 2 aromatic carbocycles. The van der Waals surface area contributed by atoms with Crippen LogP contribution in [0, 0.1) is 6.92 Å². The summed E-state index contributed by atoms with van der Waals surface area (Å²) in [5, 5.41) is 3.52. The highest BCUT2D eigenvalue weighted by Crippen LogP contribution is 2.23. The number of hydrogen-bond acceptors (Lipinski definition) is 3. The molecule has 0 aromatic heterocycles. The number of amides is 1. The Balaban J connectivity index is 1.70. The van der Waals surface area contributed by atoms with E-state index in [1.54, 1.807) is 24.3 Å². The van der Waals surface area contributed by atoms with Gasteiger partial charge in [0.1, 0.15) is 0 Å². The Hall–Kier alpha value is -2.59. The second-order valence-corrected chi connectivity index (χ2v) is 6.76. The molecule has 1 amide bonds. The molecule has 1 aliphatic carbocycles. The van der Waals surface area contributed by atoms with Crippen LogP contribution < -0.4 is 5.32 Å². The van der Waals surface area contributed by atoms with Gasteiger partial charge in [-0.2, -0.15) is 0 Å². The monoisotopic (exact) mass is 369 g/mol. The van der Waals surface area contributed by atoms with Gasteiger partial charge >= 0.3 is 5.97 Å². The van der Waals surface area contributed by atoms with Crippen LogP contribution >= 0.6 is 11.6 Å². The van der Waals surface area contributed by atoms with Crippen molar-refractivity contribution < 1.29 is 14.3 Å². The Morgan fingerprint density at radius 2 is 1.92 bits per heavy atom. The van der Waals surface area contributed by atoms with Crippen molar-refractivity contribution in [3.63, 3.8) is 0 Å². The minimum atomic E-state index is -0.962. The zero-order valence-corrected chi connectivity index (χ0v) is 15.2. The number of halogens is 1. The van der Waals surface area contributed by atoms with Crippen molar-refractivity contribution in [2.45, 2.75) is 31.9 Å². The van der Waals surface area contributed by atoms with Crippen LogP contribution in [0.2, 0.25) is 5.02 Å². The smallest absolute Gasteiger partial charge is 0.331 e. The van der Waals surface area contributed by atoms with E-state index in [1.807, 2.05) is 37.3 Å². The Morgan fingerprint density at radius 3 is 2.58 bits per heavy atom. The number of ether oxygens (including phenoxy) is 1. The summed E-state index contributed by atoms with van der Waals surface area (Å²) >= 11 is 6.09. The van der Waals surface area contributed by atoms with E-state index in [-0.39, 0.29) is 11.9 Å². The van der Waals surface area contributed by atoms with Crippen molar-refractivity contribution in [1.82, 2.24) is 5.32 Å². The number of esters is 1. The molecule has 0 unspecified atom stereocenters. The molecule has 0 spiro atoms. The maximum Gasteiger partial charge on any atom is 0.331 e. The third-order valence-corrected chi connectivity index (χ3v) is 4.51. The topological polar surface area (TPSA) is 55.4 Å². The number of aryl methyl sites for hydroxylation is 1. The van der Waals surface area contributed by atoms with Gasteiger partial charge in [-0.05, 0) is 43.0 Å². The van der Waals surface area contributed by atoms with Gasteiger partial charge in [0.15, 0.2) is 0 Å². The summed E-state index contributed by atoms with van der Waals surface area (Å²) in [5.41, 5.74) is 2.40. The molecule has 0 heterocycles. The number of hydrogen-bond donors (Lipinski definition) is 1. The van der Waals surface area contributed by atoms with E-state index >= 15 is 0 Å². The summed E-state index contributed by atoms with van der Waals surface area (Å²) < 4.78 is 5.43. The average Bonchev–Trinajstić information content (AvgIpc) is 3.45. The van der Waals surface area contributed by atoms with Crippen LogP contribution in [0.5, 0.6) is 0 Å². The van der Waals surface area contributed by atoms with Crippen molar-refractivity contribution in [1.29, 1.82) is 0 Å². The molecule has 0 bridgehead atoms. The molecule has 134 valence electrons. The fraction of sp³-hybridized carbons (Fsp3) is 0.238. The van der Waals surface area contributed by atoms with E-state index in [0.717, 1.165) is 24.0 Å². The SMILES string of the molecule is Cc1ccc(/C=C/C(=O)O[C@@H](C(=O)NC2CC2)c2ccccc2)cc1Cl. The molecule has 0 aliphatic heterocycles. The van der Waals surface area contributed by atoms with Crippen LogP contribution in [0.3, 0.4) is 0 Å². The van der Waals surface area contributed by atoms with E-state index in [9.17, 15) is 9.59 Å². The van der Waals surface area contributed by atoms with Crippen molar-refractivity contribution in [2.24, 2.45) is 0 Å². The molecule has 2 aromatic rings. The van der Waals surface area contributed by atoms with Crippen LogP contribution in [-0.4, -0.2) is 17.9 Å². The van der Waals surface area contributed by atoms with E-state index in [0.29, 0.717) is 10.6 Å². The second-order valence-electron chi connectivity index (χ2n) is 6.35. The summed E-state index contributed by atoms with van der Waals surface area (Å²) in [7, 11) is 0. The minimum absolute atomic E-state index is 0.192. The Bertz CT molecular complexity index is 828. The molecule has 4 nitrogen and oxygen atoms in total. The van der Waals surface area contributed by atoms with Crippen molar-refractivity contribution in [3.8, 4) is 0 Å². The van der Waals surface area contributed by atoms with Crippen LogP contribution in [0.4, 0.5) is 0 Å². The number of carbonyl (C=O) groups is 2. The summed E-state index contributed by atoms with van der Waals surface area (Å²) in [6.07, 6.45) is 3.90. The molecule has 1 fully saturated rings. The highest BCUT2D eigenvalue weighted by atomic mass is 35.5. The molecule has 0 radical (unpaired) electrons. The largest absolute Gasteiger partial charge is 0.444 e. The number of carbonyl (C=O) groups excluding carboxylic acids is 2. The van der Waals surface area contributed by atoms with Crippen LogP contribution in [0.25, 0.3) is 6.08 Å². The van der Waals surface area contributed by atoms with Crippen LogP contribution in [-0.2, 0) is 14.3 Å². The summed E-state index contributed by atoms with van der Waals surface area (Å²) in [6, 6.07) is 14.7. The van der Waals surface area contributed by atoms with Gasteiger partial charge in [0.2, 0.25) is 6.10 Å². The van der Waals surface area contributed by atoms with Gasteiger partial charge in [-0.1, -0.05) is 54.1 Å². The van der Waals surface area contributed by atoms with Crippen molar-refractivity contribution in [3.05, 3.63) is 76.3 Å². The van der Waals surface area contributed by atoms with Gasteiger partial charge < -0.3 is 10.1 Å². The lowest BCUT2D eigenvalue weighted by Gasteiger charge is -2.17. The first-order valence-corrected chi connectivity index (χ1v) is 8.91. The molecule has 1 aliphatic rings. The molecular weight excluding hydrogens is 350 g/mol. The second kappa shape index (κ2) is 8.19. The first-order chi connectivity index (χ1) is 12.5. The lowest BCUT2D eigenvalue weighted by Crippen LogP contribution is -2.33. The van der Waals surface area contributed by atoms with E-state index in [2.05, 4.69) is 5.32 Å². The van der Waals surface area contributed by atoms with Crippen LogP contribution in [0.1, 0.15) is 35.6 Å². The minimum Gasteiger partial charge on any atom is -0.444 e. The zero-order valence-electron chi connectivity index (χ0n) is 14.4. The predicted molar refractivity (Wildman–Crippen MR) is 102 cm³/mol.